The zero-order valence-electron chi connectivity index (χ0n) is 20.1. The zero-order valence-corrected chi connectivity index (χ0v) is 20.1. The van der Waals surface area contributed by atoms with Crippen LogP contribution in [0.2, 0.25) is 0 Å². The highest BCUT2D eigenvalue weighted by Crippen LogP contribution is 2.39. The summed E-state index contributed by atoms with van der Waals surface area (Å²) < 4.78 is 2.38. The van der Waals surface area contributed by atoms with Crippen molar-refractivity contribution in [2.24, 2.45) is 0 Å². The SMILES string of the molecule is C=Cc1c(-c2ccccc2C)n(-c2ccc(-c3ccc4ccccc4c3C)cc2)c2ccccc12. The summed E-state index contributed by atoms with van der Waals surface area (Å²) in [6.45, 7) is 8.58. The topological polar surface area (TPSA) is 4.93 Å². The molecule has 1 heterocycles. The fourth-order valence-electron chi connectivity index (χ4n) is 5.37. The van der Waals surface area contributed by atoms with Crippen LogP contribution in [0.4, 0.5) is 0 Å². The van der Waals surface area contributed by atoms with Gasteiger partial charge < -0.3 is 4.57 Å². The van der Waals surface area contributed by atoms with Gasteiger partial charge in [-0.25, -0.2) is 0 Å². The summed E-state index contributed by atoms with van der Waals surface area (Å²) in [5.74, 6) is 0. The van der Waals surface area contributed by atoms with E-state index >= 15 is 0 Å². The number of hydrogen-bond acceptors (Lipinski definition) is 0. The summed E-state index contributed by atoms with van der Waals surface area (Å²) in [5, 5.41) is 3.81. The van der Waals surface area contributed by atoms with Gasteiger partial charge in [-0.2, -0.15) is 0 Å². The lowest BCUT2D eigenvalue weighted by Crippen LogP contribution is -1.99. The van der Waals surface area contributed by atoms with E-state index in [1.54, 1.807) is 0 Å². The van der Waals surface area contributed by atoms with Gasteiger partial charge in [0.1, 0.15) is 0 Å². The van der Waals surface area contributed by atoms with Gasteiger partial charge >= 0.3 is 0 Å². The summed E-state index contributed by atoms with van der Waals surface area (Å²) in [5.41, 5.74) is 11.0. The van der Waals surface area contributed by atoms with Crippen molar-refractivity contribution in [3.05, 3.63) is 132 Å². The number of benzene rings is 5. The standard InChI is InChI=1S/C34H27N/c1-4-28-32-15-9-10-16-33(32)35(34(28)29-13-7-5-11-23(29)2)27-20-17-26(18-21-27)31-22-19-25-12-6-8-14-30(25)24(31)3/h4-22H,1H2,2-3H3. The Morgan fingerprint density at radius 2 is 1.31 bits per heavy atom. The van der Waals surface area contributed by atoms with Gasteiger partial charge in [0.15, 0.2) is 0 Å². The second-order valence-electron chi connectivity index (χ2n) is 9.14. The molecular formula is C34H27N. The lowest BCUT2D eigenvalue weighted by atomic mass is 9.95. The first kappa shape index (κ1) is 21.2. The highest BCUT2D eigenvalue weighted by Gasteiger charge is 2.19. The van der Waals surface area contributed by atoms with Crippen molar-refractivity contribution in [3.63, 3.8) is 0 Å². The molecule has 1 aromatic heterocycles. The molecule has 168 valence electrons. The van der Waals surface area contributed by atoms with E-state index < -0.39 is 0 Å². The largest absolute Gasteiger partial charge is 0.309 e. The third-order valence-corrected chi connectivity index (χ3v) is 7.15. The van der Waals surface area contributed by atoms with Crippen molar-refractivity contribution < 1.29 is 0 Å². The first-order valence-corrected chi connectivity index (χ1v) is 12.1. The summed E-state index contributed by atoms with van der Waals surface area (Å²) in [4.78, 5) is 0. The van der Waals surface area contributed by atoms with E-state index in [0.29, 0.717) is 0 Å². The van der Waals surface area contributed by atoms with E-state index in [-0.39, 0.29) is 0 Å². The van der Waals surface area contributed by atoms with Crippen molar-refractivity contribution in [1.82, 2.24) is 4.57 Å². The molecule has 0 N–H and O–H groups in total. The predicted molar refractivity (Wildman–Crippen MR) is 151 cm³/mol. The molecule has 35 heavy (non-hydrogen) atoms. The highest BCUT2D eigenvalue weighted by molar-refractivity contribution is 5.99. The molecule has 1 nitrogen and oxygen atoms in total. The van der Waals surface area contributed by atoms with E-state index in [0.717, 1.165) is 5.69 Å². The smallest absolute Gasteiger partial charge is 0.0615 e. The maximum absolute atomic E-state index is 4.18. The van der Waals surface area contributed by atoms with Crippen LogP contribution in [0.1, 0.15) is 16.7 Å². The summed E-state index contributed by atoms with van der Waals surface area (Å²) in [6, 6.07) is 39.2. The lowest BCUT2D eigenvalue weighted by Gasteiger charge is -2.15. The van der Waals surface area contributed by atoms with Crippen LogP contribution in [0.25, 0.3) is 55.8 Å². The number of para-hydroxylation sites is 1. The van der Waals surface area contributed by atoms with Crippen LogP contribution in [0.3, 0.4) is 0 Å². The average molecular weight is 450 g/mol. The number of aromatic nitrogens is 1. The normalized spacial score (nSPS) is 11.3. The van der Waals surface area contributed by atoms with E-state index in [1.807, 2.05) is 6.08 Å². The minimum Gasteiger partial charge on any atom is -0.309 e. The third-order valence-electron chi connectivity index (χ3n) is 7.15. The van der Waals surface area contributed by atoms with Gasteiger partial charge in [-0.3, -0.25) is 0 Å². The summed E-state index contributed by atoms with van der Waals surface area (Å²) >= 11 is 0. The Morgan fingerprint density at radius 1 is 0.629 bits per heavy atom. The minimum absolute atomic E-state index is 1.15. The molecule has 0 aliphatic carbocycles. The number of fused-ring (bicyclic) bond motifs is 2. The third kappa shape index (κ3) is 3.40. The van der Waals surface area contributed by atoms with Gasteiger partial charge in [0.2, 0.25) is 0 Å². The predicted octanol–water partition coefficient (Wildman–Crippen LogP) is 9.38. The van der Waals surface area contributed by atoms with Gasteiger partial charge in [-0.1, -0.05) is 104 Å². The molecule has 0 spiro atoms. The Balaban J connectivity index is 1.56. The van der Waals surface area contributed by atoms with Crippen molar-refractivity contribution in [3.8, 4) is 28.1 Å². The van der Waals surface area contributed by atoms with E-state index in [1.165, 1.54) is 60.8 Å². The van der Waals surface area contributed by atoms with Gasteiger partial charge in [0.05, 0.1) is 11.2 Å². The molecule has 0 bridgehead atoms. The first-order chi connectivity index (χ1) is 17.2. The first-order valence-electron chi connectivity index (χ1n) is 12.1. The molecular weight excluding hydrogens is 422 g/mol. The van der Waals surface area contributed by atoms with Crippen LogP contribution in [0.5, 0.6) is 0 Å². The molecule has 6 rings (SSSR count). The second kappa shape index (κ2) is 8.45. The van der Waals surface area contributed by atoms with Crippen LogP contribution in [-0.4, -0.2) is 4.57 Å². The molecule has 0 unspecified atom stereocenters. The van der Waals surface area contributed by atoms with Gasteiger partial charge in [0, 0.05) is 22.2 Å². The molecule has 0 aliphatic rings. The zero-order chi connectivity index (χ0) is 23.9. The molecule has 1 heteroatoms. The average Bonchev–Trinajstić information content (AvgIpc) is 3.23. The van der Waals surface area contributed by atoms with Crippen molar-refractivity contribution in [1.29, 1.82) is 0 Å². The lowest BCUT2D eigenvalue weighted by molar-refractivity contribution is 1.13. The molecule has 0 atom stereocenters. The van der Waals surface area contributed by atoms with Crippen molar-refractivity contribution in [2.75, 3.05) is 0 Å². The van der Waals surface area contributed by atoms with Crippen LogP contribution in [-0.2, 0) is 0 Å². The maximum atomic E-state index is 4.18. The van der Waals surface area contributed by atoms with E-state index in [9.17, 15) is 0 Å². The van der Waals surface area contributed by atoms with Crippen LogP contribution >= 0.6 is 0 Å². The molecule has 6 aromatic rings. The Hall–Kier alpha value is -4.36. The van der Waals surface area contributed by atoms with Crippen LogP contribution in [0, 0.1) is 13.8 Å². The quantitative estimate of drug-likeness (QED) is 0.253. The number of hydrogen-bond donors (Lipinski definition) is 0. The highest BCUT2D eigenvalue weighted by atomic mass is 15.0. The van der Waals surface area contributed by atoms with Gasteiger partial charge in [-0.05, 0) is 65.1 Å². The van der Waals surface area contributed by atoms with E-state index in [4.69, 9.17) is 0 Å². The van der Waals surface area contributed by atoms with Crippen molar-refractivity contribution in [2.45, 2.75) is 13.8 Å². The van der Waals surface area contributed by atoms with Gasteiger partial charge in [-0.15, -0.1) is 0 Å². The number of rotatable bonds is 4. The molecule has 0 saturated carbocycles. The molecule has 0 saturated heterocycles. The molecule has 0 radical (unpaired) electrons. The maximum Gasteiger partial charge on any atom is 0.0615 e. The number of aryl methyl sites for hydroxylation is 2. The Labute approximate surface area is 206 Å². The summed E-state index contributed by atoms with van der Waals surface area (Å²) in [7, 11) is 0. The molecule has 5 aromatic carbocycles. The Bertz CT molecular complexity index is 1710. The fourth-order valence-corrected chi connectivity index (χ4v) is 5.37. The minimum atomic E-state index is 1.15. The Kier molecular flexibility index (Phi) is 5.12. The monoisotopic (exact) mass is 449 g/mol. The Morgan fingerprint density at radius 3 is 2.09 bits per heavy atom. The number of nitrogens with zero attached hydrogens (tertiary/aromatic N) is 1. The molecule has 0 aliphatic heterocycles. The van der Waals surface area contributed by atoms with E-state index in [2.05, 4.69) is 134 Å². The molecule has 0 fully saturated rings. The van der Waals surface area contributed by atoms with Crippen LogP contribution in [0.15, 0.2) is 116 Å². The second-order valence-corrected chi connectivity index (χ2v) is 9.14. The van der Waals surface area contributed by atoms with Gasteiger partial charge in [0.25, 0.3) is 0 Å². The molecule has 0 amide bonds. The summed E-state index contributed by atoms with van der Waals surface area (Å²) in [6.07, 6.45) is 1.99. The van der Waals surface area contributed by atoms with Crippen LogP contribution < -0.4 is 0 Å². The fraction of sp³-hybridized carbons (Fsp3) is 0.0588. The van der Waals surface area contributed by atoms with Crippen molar-refractivity contribution >= 4 is 27.8 Å².